The Balaban J connectivity index is 1.36. The zero-order chi connectivity index (χ0) is 25.2. The van der Waals surface area contributed by atoms with Crippen LogP contribution >= 0.6 is 0 Å². The van der Waals surface area contributed by atoms with Gasteiger partial charge in [-0.15, -0.1) is 0 Å². The van der Waals surface area contributed by atoms with E-state index < -0.39 is 5.91 Å². The molecular formula is C27H33N7O2. The highest BCUT2D eigenvalue weighted by Crippen LogP contribution is 2.40. The molecule has 36 heavy (non-hydrogen) atoms. The van der Waals surface area contributed by atoms with Gasteiger partial charge in [0.15, 0.2) is 0 Å². The maximum Gasteiger partial charge on any atom is 0.254 e. The first-order chi connectivity index (χ1) is 17.4. The van der Waals surface area contributed by atoms with Crippen LogP contribution in [-0.4, -0.2) is 49.4 Å². The Morgan fingerprint density at radius 2 is 1.89 bits per heavy atom. The van der Waals surface area contributed by atoms with Gasteiger partial charge >= 0.3 is 0 Å². The molecule has 0 unspecified atom stereocenters. The van der Waals surface area contributed by atoms with Crippen LogP contribution in [0.1, 0.15) is 72.0 Å². The third-order valence-electron chi connectivity index (χ3n) is 7.21. The largest absolute Gasteiger partial charge is 0.383 e. The summed E-state index contributed by atoms with van der Waals surface area (Å²) in [5, 5.41) is 9.29. The van der Waals surface area contributed by atoms with Crippen molar-refractivity contribution in [3.8, 4) is 11.3 Å². The molecule has 5 rings (SSSR count). The fourth-order valence-corrected chi connectivity index (χ4v) is 5.18. The third kappa shape index (κ3) is 4.91. The number of nitrogens with two attached hydrogens (primary N) is 2. The number of aromatic nitrogens is 4. The predicted molar refractivity (Wildman–Crippen MR) is 138 cm³/mol. The molecule has 0 bridgehead atoms. The monoisotopic (exact) mass is 487 g/mol. The Morgan fingerprint density at radius 1 is 1.14 bits per heavy atom. The quantitative estimate of drug-likeness (QED) is 0.494. The van der Waals surface area contributed by atoms with Crippen LogP contribution in [0.4, 0.5) is 5.82 Å². The van der Waals surface area contributed by atoms with Crippen LogP contribution in [0.3, 0.4) is 0 Å². The number of anilines is 1. The molecule has 2 amide bonds. The molecule has 2 aromatic heterocycles. The number of hydrogen-bond acceptors (Lipinski definition) is 5. The van der Waals surface area contributed by atoms with Crippen molar-refractivity contribution in [3.05, 3.63) is 66.0 Å². The maximum atomic E-state index is 12.4. The third-order valence-corrected chi connectivity index (χ3v) is 7.21. The highest BCUT2D eigenvalue weighted by molar-refractivity contribution is 6.03. The van der Waals surface area contributed by atoms with E-state index in [9.17, 15) is 9.59 Å². The highest BCUT2D eigenvalue weighted by Gasteiger charge is 2.27. The van der Waals surface area contributed by atoms with Crippen molar-refractivity contribution in [2.75, 3.05) is 18.8 Å². The van der Waals surface area contributed by atoms with E-state index in [2.05, 4.69) is 35.9 Å². The molecule has 0 spiro atoms. The van der Waals surface area contributed by atoms with E-state index in [-0.39, 0.29) is 23.3 Å². The van der Waals surface area contributed by atoms with Gasteiger partial charge in [0.2, 0.25) is 5.91 Å². The van der Waals surface area contributed by atoms with Crippen molar-refractivity contribution in [3.63, 3.8) is 0 Å². The molecule has 9 heteroatoms. The van der Waals surface area contributed by atoms with Gasteiger partial charge in [0.1, 0.15) is 17.1 Å². The number of carbonyl (C=O) groups is 2. The Bertz CT molecular complexity index is 1280. The van der Waals surface area contributed by atoms with E-state index in [1.54, 1.807) is 10.9 Å². The summed E-state index contributed by atoms with van der Waals surface area (Å²) in [6.45, 7) is 5.54. The second-order valence-corrected chi connectivity index (χ2v) is 9.83. The van der Waals surface area contributed by atoms with Crippen LogP contribution in [0.5, 0.6) is 0 Å². The van der Waals surface area contributed by atoms with Crippen molar-refractivity contribution in [1.82, 2.24) is 24.5 Å². The van der Waals surface area contributed by atoms with E-state index in [1.165, 1.54) is 30.0 Å². The molecule has 2 fully saturated rings. The maximum absolute atomic E-state index is 12.4. The zero-order valence-electron chi connectivity index (χ0n) is 20.5. The summed E-state index contributed by atoms with van der Waals surface area (Å²) in [6, 6.07) is 8.67. The first-order valence-electron chi connectivity index (χ1n) is 12.7. The minimum absolute atomic E-state index is 0.0260. The second kappa shape index (κ2) is 10.0. The molecule has 0 atom stereocenters. The van der Waals surface area contributed by atoms with Crippen molar-refractivity contribution in [2.24, 2.45) is 5.73 Å². The molecule has 1 saturated carbocycles. The van der Waals surface area contributed by atoms with Crippen molar-refractivity contribution in [2.45, 2.75) is 57.0 Å². The molecule has 3 aromatic rings. The van der Waals surface area contributed by atoms with Gasteiger partial charge in [0.05, 0.1) is 18.8 Å². The summed E-state index contributed by atoms with van der Waals surface area (Å²) in [6.07, 6.45) is 10.7. The molecule has 188 valence electrons. The molecule has 1 aliphatic heterocycles. The highest BCUT2D eigenvalue weighted by atomic mass is 16.2. The number of rotatable bonds is 7. The smallest absolute Gasteiger partial charge is 0.254 e. The van der Waals surface area contributed by atoms with Gasteiger partial charge in [-0.3, -0.25) is 14.3 Å². The Labute approximate surface area is 210 Å². The van der Waals surface area contributed by atoms with Gasteiger partial charge in [-0.25, -0.2) is 4.68 Å². The van der Waals surface area contributed by atoms with Crippen LogP contribution in [-0.2, 0) is 11.3 Å². The van der Waals surface area contributed by atoms with Crippen LogP contribution in [0.15, 0.2) is 49.3 Å². The van der Waals surface area contributed by atoms with Crippen molar-refractivity contribution < 1.29 is 9.59 Å². The van der Waals surface area contributed by atoms with Crippen LogP contribution in [0, 0.1) is 0 Å². The number of carbonyl (C=O) groups excluding carboxylic acids is 2. The molecule has 2 aliphatic rings. The fourth-order valence-electron chi connectivity index (χ4n) is 5.18. The standard InChI is InChI=1S/C27H33N7O2/c1-2-23(35)32-12-4-8-22(9-5-13-32)34-26(28)24(27(29)36)25(31-34)21-15-30-33(17-21)16-18-6-3-7-20(14-18)19-10-11-19/h2-3,6-7,14-15,17,19,22H,1,4-5,8-13,16,28H2,(H2,29,36). The summed E-state index contributed by atoms with van der Waals surface area (Å²) in [5.74, 6) is 0.336. The summed E-state index contributed by atoms with van der Waals surface area (Å²) < 4.78 is 3.60. The molecule has 0 radical (unpaired) electrons. The molecular weight excluding hydrogens is 454 g/mol. The van der Waals surface area contributed by atoms with E-state index in [4.69, 9.17) is 16.6 Å². The number of benzene rings is 1. The Kier molecular flexibility index (Phi) is 6.63. The summed E-state index contributed by atoms with van der Waals surface area (Å²) >= 11 is 0. The number of nitrogens with zero attached hydrogens (tertiary/aromatic N) is 5. The summed E-state index contributed by atoms with van der Waals surface area (Å²) in [5.41, 5.74) is 16.2. The minimum atomic E-state index is -0.604. The lowest BCUT2D eigenvalue weighted by molar-refractivity contribution is -0.126. The molecule has 1 aromatic carbocycles. The summed E-state index contributed by atoms with van der Waals surface area (Å²) in [4.78, 5) is 26.2. The topological polar surface area (TPSA) is 125 Å². The second-order valence-electron chi connectivity index (χ2n) is 9.83. The van der Waals surface area contributed by atoms with Crippen molar-refractivity contribution >= 4 is 17.6 Å². The Hall–Kier alpha value is -3.88. The van der Waals surface area contributed by atoms with Gasteiger partial charge in [-0.05, 0) is 61.6 Å². The van der Waals surface area contributed by atoms with E-state index >= 15 is 0 Å². The first kappa shape index (κ1) is 23.8. The van der Waals surface area contributed by atoms with Gasteiger partial charge in [0.25, 0.3) is 5.91 Å². The summed E-state index contributed by atoms with van der Waals surface area (Å²) in [7, 11) is 0. The molecule has 3 heterocycles. The molecule has 9 nitrogen and oxygen atoms in total. The first-order valence-corrected chi connectivity index (χ1v) is 12.7. The van der Waals surface area contributed by atoms with Crippen LogP contribution < -0.4 is 11.5 Å². The number of amides is 2. The fraction of sp³-hybridized carbons (Fsp3) is 0.407. The van der Waals surface area contributed by atoms with Crippen LogP contribution in [0.25, 0.3) is 11.3 Å². The van der Waals surface area contributed by atoms with E-state index in [1.807, 2.05) is 15.8 Å². The zero-order valence-corrected chi connectivity index (χ0v) is 20.5. The number of primary amides is 1. The number of likely N-dealkylation sites (tertiary alicyclic amines) is 1. The van der Waals surface area contributed by atoms with Gasteiger partial charge in [-0.2, -0.15) is 10.2 Å². The van der Waals surface area contributed by atoms with Gasteiger partial charge < -0.3 is 16.4 Å². The average molecular weight is 488 g/mol. The molecule has 4 N–H and O–H groups in total. The van der Waals surface area contributed by atoms with Gasteiger partial charge in [0, 0.05) is 24.8 Å². The van der Waals surface area contributed by atoms with Crippen molar-refractivity contribution in [1.29, 1.82) is 0 Å². The van der Waals surface area contributed by atoms with E-state index in [0.29, 0.717) is 36.8 Å². The minimum Gasteiger partial charge on any atom is -0.383 e. The lowest BCUT2D eigenvalue weighted by atomic mass is 10.0. The number of nitrogen functional groups attached to an aromatic ring is 1. The molecule has 1 saturated heterocycles. The number of hydrogen-bond donors (Lipinski definition) is 2. The lowest BCUT2D eigenvalue weighted by Crippen LogP contribution is -2.33. The SMILES string of the molecule is C=CC(=O)N1CCCC(n2nc(-c3cnn(Cc4cccc(C5CC5)c4)c3)c(C(N)=O)c2N)CCC1. The lowest BCUT2D eigenvalue weighted by Gasteiger charge is -2.27. The predicted octanol–water partition coefficient (Wildman–Crippen LogP) is 3.48. The van der Waals surface area contributed by atoms with Crippen LogP contribution in [0.2, 0.25) is 0 Å². The normalized spacial score (nSPS) is 16.9. The molecule has 1 aliphatic carbocycles. The van der Waals surface area contributed by atoms with E-state index in [0.717, 1.165) is 25.7 Å². The average Bonchev–Trinajstić information content (AvgIpc) is 3.51. The Morgan fingerprint density at radius 3 is 2.56 bits per heavy atom. The van der Waals surface area contributed by atoms with Gasteiger partial charge in [-0.1, -0.05) is 30.8 Å².